The van der Waals surface area contributed by atoms with E-state index >= 15 is 0 Å². The molecule has 1 amide bonds. The molecule has 1 saturated heterocycles. The van der Waals surface area contributed by atoms with Crippen molar-refractivity contribution in [1.29, 1.82) is 0 Å². The highest BCUT2D eigenvalue weighted by molar-refractivity contribution is 5.92. The van der Waals surface area contributed by atoms with Crippen molar-refractivity contribution < 1.29 is 4.79 Å². The Morgan fingerprint density at radius 2 is 2.18 bits per heavy atom. The van der Waals surface area contributed by atoms with Gasteiger partial charge in [0.25, 0.3) is 5.91 Å². The predicted molar refractivity (Wildman–Crippen MR) is 65.9 cm³/mol. The molecule has 0 aliphatic carbocycles. The molecule has 1 aliphatic heterocycles. The second kappa shape index (κ2) is 5.43. The summed E-state index contributed by atoms with van der Waals surface area (Å²) in [5, 5.41) is 10.9. The lowest BCUT2D eigenvalue weighted by molar-refractivity contribution is 0.0786. The summed E-state index contributed by atoms with van der Waals surface area (Å²) >= 11 is 0. The van der Waals surface area contributed by atoms with E-state index < -0.39 is 0 Å². The smallest absolute Gasteiger partial charge is 0.274 e. The third kappa shape index (κ3) is 2.81. The first-order valence-corrected chi connectivity index (χ1v) is 5.79. The van der Waals surface area contributed by atoms with Gasteiger partial charge in [0.1, 0.15) is 5.82 Å². The molecule has 2 rings (SSSR count). The molecule has 2 heterocycles. The van der Waals surface area contributed by atoms with E-state index in [1.807, 2.05) is 4.90 Å². The number of carbonyl (C=O) groups excluding carboxylic acids is 1. The molecule has 1 aromatic heterocycles. The van der Waals surface area contributed by atoms with Gasteiger partial charge in [0.05, 0.1) is 0 Å². The van der Waals surface area contributed by atoms with Crippen LogP contribution in [0.4, 0.5) is 5.82 Å². The van der Waals surface area contributed by atoms with Crippen LogP contribution in [0.5, 0.6) is 0 Å². The van der Waals surface area contributed by atoms with Crippen LogP contribution in [-0.2, 0) is 0 Å². The molecule has 0 saturated carbocycles. The molecule has 0 bridgehead atoms. The summed E-state index contributed by atoms with van der Waals surface area (Å²) in [6.45, 7) is 5.90. The van der Waals surface area contributed by atoms with E-state index in [-0.39, 0.29) is 5.91 Å². The molecule has 0 unspecified atom stereocenters. The molecule has 1 fully saturated rings. The van der Waals surface area contributed by atoms with E-state index in [2.05, 4.69) is 22.1 Å². The van der Waals surface area contributed by atoms with Crippen LogP contribution in [0.2, 0.25) is 0 Å². The largest absolute Gasteiger partial charge is 0.365 e. The fourth-order valence-corrected chi connectivity index (χ4v) is 1.80. The molecule has 1 N–H and O–H groups in total. The summed E-state index contributed by atoms with van der Waals surface area (Å²) in [5.74, 6) is 0.633. The van der Waals surface area contributed by atoms with Crippen LogP contribution >= 0.6 is 0 Å². The van der Waals surface area contributed by atoms with Crippen molar-refractivity contribution >= 4 is 11.7 Å². The quantitative estimate of drug-likeness (QED) is 0.795. The van der Waals surface area contributed by atoms with Crippen LogP contribution < -0.4 is 5.32 Å². The summed E-state index contributed by atoms with van der Waals surface area (Å²) in [6.07, 6.45) is 3.90. The number of nitrogens with one attached hydrogen (secondary N) is 1. The number of carbonyl (C=O) groups is 1. The lowest BCUT2D eigenvalue weighted by Crippen LogP contribution is -2.28. The minimum absolute atomic E-state index is 0.0229. The van der Waals surface area contributed by atoms with Crippen LogP contribution in [0.3, 0.4) is 0 Å². The minimum atomic E-state index is -0.0229. The first-order valence-electron chi connectivity index (χ1n) is 5.79. The van der Waals surface area contributed by atoms with Crippen molar-refractivity contribution in [3.05, 3.63) is 30.5 Å². The first-order chi connectivity index (χ1) is 8.31. The molecule has 17 heavy (non-hydrogen) atoms. The monoisotopic (exact) mass is 232 g/mol. The molecule has 0 atom stereocenters. The van der Waals surface area contributed by atoms with Gasteiger partial charge in [-0.15, -0.1) is 16.8 Å². The summed E-state index contributed by atoms with van der Waals surface area (Å²) in [5.41, 5.74) is 0.413. The van der Waals surface area contributed by atoms with Crippen LogP contribution in [0.1, 0.15) is 23.3 Å². The average molecular weight is 232 g/mol. The number of rotatable bonds is 4. The topological polar surface area (TPSA) is 58.1 Å². The maximum Gasteiger partial charge on any atom is 0.274 e. The zero-order valence-electron chi connectivity index (χ0n) is 9.72. The standard InChI is InChI=1S/C12H16N4O/c1-2-7-13-11-6-5-10(14-15-11)12(17)16-8-3-4-9-16/h2,5-6H,1,3-4,7-9H2,(H,13,15). The number of nitrogens with zero attached hydrogens (tertiary/aromatic N) is 3. The Morgan fingerprint density at radius 3 is 2.76 bits per heavy atom. The molecule has 5 heteroatoms. The van der Waals surface area contributed by atoms with Gasteiger partial charge in [-0.2, -0.15) is 0 Å². The van der Waals surface area contributed by atoms with Crippen LogP contribution in [0, 0.1) is 0 Å². The van der Waals surface area contributed by atoms with Gasteiger partial charge < -0.3 is 10.2 Å². The Morgan fingerprint density at radius 1 is 1.41 bits per heavy atom. The van der Waals surface area contributed by atoms with E-state index in [4.69, 9.17) is 0 Å². The SMILES string of the molecule is C=CCNc1ccc(C(=O)N2CCCC2)nn1. The number of hydrogen-bond donors (Lipinski definition) is 1. The van der Waals surface area contributed by atoms with Crippen molar-refractivity contribution in [1.82, 2.24) is 15.1 Å². The molecule has 0 aromatic carbocycles. The van der Waals surface area contributed by atoms with Crippen molar-refractivity contribution in [2.75, 3.05) is 25.0 Å². The van der Waals surface area contributed by atoms with Gasteiger partial charge in [0, 0.05) is 19.6 Å². The Bertz CT molecular complexity index is 395. The molecule has 5 nitrogen and oxygen atoms in total. The van der Waals surface area contributed by atoms with Gasteiger partial charge in [-0.25, -0.2) is 0 Å². The molecular formula is C12H16N4O. The van der Waals surface area contributed by atoms with Gasteiger partial charge in [0.2, 0.25) is 0 Å². The van der Waals surface area contributed by atoms with E-state index in [0.29, 0.717) is 18.1 Å². The fraction of sp³-hybridized carbons (Fsp3) is 0.417. The van der Waals surface area contributed by atoms with Gasteiger partial charge in [0.15, 0.2) is 5.69 Å². The van der Waals surface area contributed by atoms with Gasteiger partial charge in [-0.05, 0) is 25.0 Å². The van der Waals surface area contributed by atoms with Gasteiger partial charge in [-0.3, -0.25) is 4.79 Å². The molecular weight excluding hydrogens is 216 g/mol. The highest BCUT2D eigenvalue weighted by Gasteiger charge is 2.20. The average Bonchev–Trinajstić information content (AvgIpc) is 2.90. The molecule has 90 valence electrons. The van der Waals surface area contributed by atoms with Crippen molar-refractivity contribution in [3.63, 3.8) is 0 Å². The number of amides is 1. The first kappa shape index (κ1) is 11.6. The lowest BCUT2D eigenvalue weighted by atomic mass is 10.3. The maximum atomic E-state index is 12.0. The Kier molecular flexibility index (Phi) is 3.69. The molecule has 1 aliphatic rings. The Hall–Kier alpha value is -1.91. The van der Waals surface area contributed by atoms with Crippen LogP contribution in [-0.4, -0.2) is 40.6 Å². The number of aromatic nitrogens is 2. The fourth-order valence-electron chi connectivity index (χ4n) is 1.80. The second-order valence-corrected chi connectivity index (χ2v) is 3.97. The summed E-state index contributed by atoms with van der Waals surface area (Å²) in [4.78, 5) is 13.8. The lowest BCUT2D eigenvalue weighted by Gasteiger charge is -2.13. The summed E-state index contributed by atoms with van der Waals surface area (Å²) in [7, 11) is 0. The third-order valence-electron chi connectivity index (χ3n) is 2.70. The normalized spacial score (nSPS) is 14.7. The van der Waals surface area contributed by atoms with Gasteiger partial charge >= 0.3 is 0 Å². The van der Waals surface area contributed by atoms with Crippen molar-refractivity contribution in [2.24, 2.45) is 0 Å². The number of anilines is 1. The molecule has 1 aromatic rings. The number of hydrogen-bond acceptors (Lipinski definition) is 4. The highest BCUT2D eigenvalue weighted by atomic mass is 16.2. The van der Waals surface area contributed by atoms with E-state index in [1.165, 1.54) is 0 Å². The Balaban J connectivity index is 2.01. The minimum Gasteiger partial charge on any atom is -0.365 e. The molecule has 0 radical (unpaired) electrons. The highest BCUT2D eigenvalue weighted by Crippen LogP contribution is 2.11. The third-order valence-corrected chi connectivity index (χ3v) is 2.70. The Labute approximate surface area is 101 Å². The van der Waals surface area contributed by atoms with Crippen molar-refractivity contribution in [3.8, 4) is 0 Å². The summed E-state index contributed by atoms with van der Waals surface area (Å²) < 4.78 is 0. The van der Waals surface area contributed by atoms with Crippen LogP contribution in [0.15, 0.2) is 24.8 Å². The van der Waals surface area contributed by atoms with E-state index in [1.54, 1.807) is 18.2 Å². The van der Waals surface area contributed by atoms with E-state index in [9.17, 15) is 4.79 Å². The zero-order valence-corrected chi connectivity index (χ0v) is 9.72. The van der Waals surface area contributed by atoms with Crippen LogP contribution in [0.25, 0.3) is 0 Å². The summed E-state index contributed by atoms with van der Waals surface area (Å²) in [6, 6.07) is 3.47. The van der Waals surface area contributed by atoms with Crippen molar-refractivity contribution in [2.45, 2.75) is 12.8 Å². The second-order valence-electron chi connectivity index (χ2n) is 3.97. The zero-order chi connectivity index (χ0) is 12.1. The van der Waals surface area contributed by atoms with E-state index in [0.717, 1.165) is 25.9 Å². The maximum absolute atomic E-state index is 12.0. The predicted octanol–water partition coefficient (Wildman–Crippen LogP) is 1.31. The van der Waals surface area contributed by atoms with Gasteiger partial charge in [-0.1, -0.05) is 6.08 Å². The molecule has 0 spiro atoms. The number of likely N-dealkylation sites (tertiary alicyclic amines) is 1.